The highest BCUT2D eigenvalue weighted by Crippen LogP contribution is 2.14. The van der Waals surface area contributed by atoms with Crippen LogP contribution in [0.2, 0.25) is 0 Å². The predicted molar refractivity (Wildman–Crippen MR) is 122 cm³/mol. The largest absolute Gasteiger partial charge is 0.354 e. The van der Waals surface area contributed by atoms with Gasteiger partial charge in [0.15, 0.2) is 5.96 Å². The van der Waals surface area contributed by atoms with Crippen LogP contribution in [0.4, 0.5) is 0 Å². The highest BCUT2D eigenvalue weighted by molar-refractivity contribution is 5.80. The smallest absolute Gasteiger partial charge is 0.191 e. The maximum absolute atomic E-state index is 4.53. The van der Waals surface area contributed by atoms with E-state index in [0.29, 0.717) is 0 Å². The monoisotopic (exact) mass is 398 g/mol. The summed E-state index contributed by atoms with van der Waals surface area (Å²) in [4.78, 5) is 6.86. The van der Waals surface area contributed by atoms with Gasteiger partial charge in [-0.05, 0) is 57.0 Å². The van der Waals surface area contributed by atoms with Gasteiger partial charge in [0.1, 0.15) is 0 Å². The Balaban J connectivity index is 1.97. The molecule has 0 aliphatic rings. The molecule has 0 spiro atoms. The first-order chi connectivity index (χ1) is 13.9. The molecule has 0 radical (unpaired) electrons. The summed E-state index contributed by atoms with van der Waals surface area (Å²) in [6.45, 7) is 14.7. The summed E-state index contributed by atoms with van der Waals surface area (Å²) in [5.74, 6) is 0.828. The lowest BCUT2D eigenvalue weighted by Gasteiger charge is -2.21. The summed E-state index contributed by atoms with van der Waals surface area (Å²) < 4.78 is 1.96. The maximum atomic E-state index is 4.53. The second-order valence-corrected chi connectivity index (χ2v) is 7.68. The van der Waals surface area contributed by atoms with Gasteiger partial charge in [-0.25, -0.2) is 0 Å². The SMILES string of the molecule is CCN(CC)Cc1ccccc1CNC(=NC)NC(C)Cc1c(C)nn(C)c1C. The molecule has 0 aliphatic heterocycles. The lowest BCUT2D eigenvalue weighted by molar-refractivity contribution is 0.295. The summed E-state index contributed by atoms with van der Waals surface area (Å²) in [6, 6.07) is 8.91. The lowest BCUT2D eigenvalue weighted by atomic mass is 10.1. The molecule has 29 heavy (non-hydrogen) atoms. The Kier molecular flexibility index (Phi) is 8.70. The topological polar surface area (TPSA) is 57.5 Å². The Morgan fingerprint density at radius 1 is 1.17 bits per heavy atom. The van der Waals surface area contributed by atoms with E-state index >= 15 is 0 Å². The van der Waals surface area contributed by atoms with Crippen LogP contribution in [0, 0.1) is 13.8 Å². The zero-order valence-corrected chi connectivity index (χ0v) is 19.2. The van der Waals surface area contributed by atoms with Crippen molar-refractivity contribution in [3.63, 3.8) is 0 Å². The van der Waals surface area contributed by atoms with Crippen molar-refractivity contribution in [2.45, 2.75) is 60.2 Å². The van der Waals surface area contributed by atoms with Crippen molar-refractivity contribution in [3.05, 3.63) is 52.3 Å². The van der Waals surface area contributed by atoms with E-state index < -0.39 is 0 Å². The Hall–Kier alpha value is -2.34. The van der Waals surface area contributed by atoms with E-state index in [0.717, 1.165) is 44.3 Å². The van der Waals surface area contributed by atoms with Crippen LogP contribution in [0.25, 0.3) is 0 Å². The molecule has 1 aromatic carbocycles. The van der Waals surface area contributed by atoms with Gasteiger partial charge in [0, 0.05) is 38.9 Å². The molecule has 2 rings (SSSR count). The average Bonchev–Trinajstić information content (AvgIpc) is 2.95. The van der Waals surface area contributed by atoms with Crippen LogP contribution in [0.1, 0.15) is 48.8 Å². The molecule has 2 aromatic rings. The molecule has 0 saturated heterocycles. The van der Waals surface area contributed by atoms with Crippen LogP contribution in [0.5, 0.6) is 0 Å². The molecular weight excluding hydrogens is 360 g/mol. The molecule has 0 aliphatic carbocycles. The molecule has 0 fully saturated rings. The number of nitrogens with zero attached hydrogens (tertiary/aromatic N) is 4. The second-order valence-electron chi connectivity index (χ2n) is 7.68. The van der Waals surface area contributed by atoms with Crippen molar-refractivity contribution < 1.29 is 0 Å². The van der Waals surface area contributed by atoms with E-state index in [1.165, 1.54) is 22.4 Å². The zero-order chi connectivity index (χ0) is 21.4. The van der Waals surface area contributed by atoms with Crippen LogP contribution in [0.15, 0.2) is 29.3 Å². The van der Waals surface area contributed by atoms with Crippen molar-refractivity contribution >= 4 is 5.96 Å². The number of aryl methyl sites for hydroxylation is 2. The number of guanidine groups is 1. The van der Waals surface area contributed by atoms with Gasteiger partial charge < -0.3 is 10.6 Å². The van der Waals surface area contributed by atoms with Gasteiger partial charge in [-0.1, -0.05) is 38.1 Å². The minimum absolute atomic E-state index is 0.258. The van der Waals surface area contributed by atoms with Crippen LogP contribution in [-0.2, 0) is 26.6 Å². The highest BCUT2D eigenvalue weighted by Gasteiger charge is 2.14. The minimum Gasteiger partial charge on any atom is -0.354 e. The van der Waals surface area contributed by atoms with Crippen LogP contribution in [-0.4, -0.2) is 46.8 Å². The first-order valence-electron chi connectivity index (χ1n) is 10.6. The molecule has 6 nitrogen and oxygen atoms in total. The maximum Gasteiger partial charge on any atom is 0.191 e. The summed E-state index contributed by atoms with van der Waals surface area (Å²) in [5.41, 5.74) is 6.33. The molecule has 1 unspecified atom stereocenters. The van der Waals surface area contributed by atoms with E-state index in [2.05, 4.69) is 84.5 Å². The zero-order valence-electron chi connectivity index (χ0n) is 19.2. The Labute approximate surface area is 176 Å². The molecule has 0 amide bonds. The van der Waals surface area contributed by atoms with Gasteiger partial charge >= 0.3 is 0 Å². The molecule has 1 aromatic heterocycles. The molecule has 2 N–H and O–H groups in total. The van der Waals surface area contributed by atoms with Crippen molar-refractivity contribution in [1.82, 2.24) is 25.3 Å². The van der Waals surface area contributed by atoms with Crippen LogP contribution < -0.4 is 10.6 Å². The Bertz CT molecular complexity index is 804. The normalized spacial score (nSPS) is 13.0. The molecular formula is C23H38N6. The van der Waals surface area contributed by atoms with Crippen molar-refractivity contribution in [3.8, 4) is 0 Å². The summed E-state index contributed by atoms with van der Waals surface area (Å²) in [6.07, 6.45) is 0.921. The fourth-order valence-electron chi connectivity index (χ4n) is 3.65. The molecule has 0 bridgehead atoms. The summed E-state index contributed by atoms with van der Waals surface area (Å²) >= 11 is 0. The van der Waals surface area contributed by atoms with Gasteiger partial charge in [0.25, 0.3) is 0 Å². The number of aliphatic imine (C=N–C) groups is 1. The van der Waals surface area contributed by atoms with E-state index in [9.17, 15) is 0 Å². The van der Waals surface area contributed by atoms with Gasteiger partial charge in [0.2, 0.25) is 0 Å². The first-order valence-corrected chi connectivity index (χ1v) is 10.6. The fraction of sp³-hybridized carbons (Fsp3) is 0.565. The van der Waals surface area contributed by atoms with Gasteiger partial charge in [-0.2, -0.15) is 5.10 Å². The number of aromatic nitrogens is 2. The quantitative estimate of drug-likeness (QED) is 0.503. The number of hydrogen-bond donors (Lipinski definition) is 2. The average molecular weight is 399 g/mol. The van der Waals surface area contributed by atoms with E-state index in [-0.39, 0.29) is 6.04 Å². The third-order valence-electron chi connectivity index (χ3n) is 5.63. The molecule has 6 heteroatoms. The summed E-state index contributed by atoms with van der Waals surface area (Å²) in [5, 5.41) is 11.5. The van der Waals surface area contributed by atoms with Crippen LogP contribution >= 0.6 is 0 Å². The van der Waals surface area contributed by atoms with E-state index in [4.69, 9.17) is 0 Å². The van der Waals surface area contributed by atoms with Crippen molar-refractivity contribution in [2.24, 2.45) is 12.0 Å². The van der Waals surface area contributed by atoms with E-state index in [1.54, 1.807) is 0 Å². The number of nitrogens with one attached hydrogen (secondary N) is 2. The van der Waals surface area contributed by atoms with Gasteiger partial charge in [-0.3, -0.25) is 14.6 Å². The first kappa shape index (κ1) is 22.9. The molecule has 0 saturated carbocycles. The predicted octanol–water partition coefficient (Wildman–Crippen LogP) is 3.17. The standard InChI is InChI=1S/C23H38N6/c1-8-29(9-2)16-21-13-11-10-12-20(21)15-25-23(24-6)26-17(3)14-22-18(4)27-28(7)19(22)5/h10-13,17H,8-9,14-16H2,1-7H3,(H2,24,25,26). The number of benzene rings is 1. The van der Waals surface area contributed by atoms with Crippen molar-refractivity contribution in [2.75, 3.05) is 20.1 Å². The molecule has 1 heterocycles. The third kappa shape index (κ3) is 6.32. The second kappa shape index (κ2) is 11.0. The van der Waals surface area contributed by atoms with Crippen LogP contribution in [0.3, 0.4) is 0 Å². The van der Waals surface area contributed by atoms with Gasteiger partial charge in [-0.15, -0.1) is 0 Å². The number of hydrogen-bond acceptors (Lipinski definition) is 3. The minimum atomic E-state index is 0.258. The Morgan fingerprint density at radius 3 is 2.38 bits per heavy atom. The number of rotatable bonds is 9. The third-order valence-corrected chi connectivity index (χ3v) is 5.63. The summed E-state index contributed by atoms with van der Waals surface area (Å²) in [7, 11) is 3.82. The molecule has 160 valence electrons. The van der Waals surface area contributed by atoms with Gasteiger partial charge in [0.05, 0.1) is 5.69 Å². The molecule has 1 atom stereocenters. The fourth-order valence-corrected chi connectivity index (χ4v) is 3.65. The lowest BCUT2D eigenvalue weighted by Crippen LogP contribution is -2.43. The highest BCUT2D eigenvalue weighted by atomic mass is 15.3. The van der Waals surface area contributed by atoms with E-state index in [1.807, 2.05) is 18.8 Å². The van der Waals surface area contributed by atoms with Crippen molar-refractivity contribution in [1.29, 1.82) is 0 Å². The Morgan fingerprint density at radius 2 is 1.83 bits per heavy atom.